The van der Waals surface area contributed by atoms with Gasteiger partial charge in [-0.25, -0.2) is 47.1 Å². The lowest BCUT2D eigenvalue weighted by atomic mass is 9.84. The van der Waals surface area contributed by atoms with Crippen molar-refractivity contribution in [3.05, 3.63) is 82.9 Å². The number of aromatic nitrogens is 4. The van der Waals surface area contributed by atoms with Gasteiger partial charge in [0.15, 0.2) is 0 Å². The third-order valence-corrected chi connectivity index (χ3v) is 9.67. The van der Waals surface area contributed by atoms with Gasteiger partial charge in [0.2, 0.25) is 0 Å². The van der Waals surface area contributed by atoms with E-state index >= 15 is 0 Å². The number of anilines is 2. The van der Waals surface area contributed by atoms with Crippen LogP contribution < -0.4 is 11.5 Å². The molecule has 0 saturated heterocycles. The standard InChI is InChI=1S/2C21H25F2N3O3/c2*1-21(2,3)29-20(28)13-6-4-12(9-14(13)22)18-19(24)25-10-16(26-18)11-5-7-17(27)15(23)8-11/h2*4,6,9-11,15,17,27H,5,7-8H2,1-3H3,(H2,24,25)/t11-,15-,17+;11-,15-,17-/m10/s1. The number of hydrogen-bond acceptors (Lipinski definition) is 12. The van der Waals surface area contributed by atoms with Crippen molar-refractivity contribution in [3.63, 3.8) is 0 Å². The number of carbonyl (C=O) groups excluding carboxylic acids is 2. The first-order chi connectivity index (χ1) is 27.1. The lowest BCUT2D eigenvalue weighted by Gasteiger charge is -2.28. The largest absolute Gasteiger partial charge is 0.456 e. The van der Waals surface area contributed by atoms with Gasteiger partial charge in [0.05, 0.1) is 47.1 Å². The summed E-state index contributed by atoms with van der Waals surface area (Å²) in [5.74, 6) is -3.23. The molecule has 0 aliphatic heterocycles. The van der Waals surface area contributed by atoms with E-state index in [1.807, 2.05) is 0 Å². The fourth-order valence-electron chi connectivity index (χ4n) is 6.70. The molecule has 2 heterocycles. The normalized spacial score (nSPS) is 22.3. The van der Waals surface area contributed by atoms with Crippen LogP contribution in [0.15, 0.2) is 48.8 Å². The first-order valence-corrected chi connectivity index (χ1v) is 19.1. The summed E-state index contributed by atoms with van der Waals surface area (Å²) >= 11 is 0. The van der Waals surface area contributed by atoms with Crippen LogP contribution in [0.5, 0.6) is 0 Å². The molecule has 6 rings (SSSR count). The Kier molecular flexibility index (Phi) is 13.4. The van der Waals surface area contributed by atoms with Gasteiger partial charge in [-0.3, -0.25) is 0 Å². The maximum atomic E-state index is 14.6. The third-order valence-electron chi connectivity index (χ3n) is 9.67. The maximum absolute atomic E-state index is 14.6. The second-order valence-electron chi connectivity index (χ2n) is 16.6. The van der Waals surface area contributed by atoms with E-state index in [1.165, 1.54) is 36.7 Å². The van der Waals surface area contributed by atoms with Crippen molar-refractivity contribution < 1.29 is 46.8 Å². The summed E-state index contributed by atoms with van der Waals surface area (Å²) in [4.78, 5) is 41.5. The van der Waals surface area contributed by atoms with E-state index in [0.717, 1.165) is 12.1 Å². The molecule has 0 unspecified atom stereocenters. The highest BCUT2D eigenvalue weighted by Gasteiger charge is 2.33. The predicted octanol–water partition coefficient (Wildman–Crippen LogP) is 7.57. The Morgan fingerprint density at radius 1 is 0.655 bits per heavy atom. The van der Waals surface area contributed by atoms with Crippen molar-refractivity contribution in [1.29, 1.82) is 0 Å². The molecule has 0 bridgehead atoms. The Morgan fingerprint density at radius 3 is 1.33 bits per heavy atom. The summed E-state index contributed by atoms with van der Waals surface area (Å²) in [6.45, 7) is 10.2. The van der Waals surface area contributed by atoms with Gasteiger partial charge in [0.1, 0.15) is 58.2 Å². The van der Waals surface area contributed by atoms with Crippen molar-refractivity contribution in [2.24, 2.45) is 0 Å². The summed E-state index contributed by atoms with van der Waals surface area (Å²) in [7, 11) is 0. The number of aliphatic hydroxyl groups excluding tert-OH is 2. The van der Waals surface area contributed by atoms with Crippen LogP contribution in [0.4, 0.5) is 29.2 Å². The number of hydrogen-bond donors (Lipinski definition) is 4. The van der Waals surface area contributed by atoms with Crippen molar-refractivity contribution in [2.45, 2.75) is 128 Å². The van der Waals surface area contributed by atoms with Gasteiger partial charge in [0.25, 0.3) is 0 Å². The van der Waals surface area contributed by atoms with Gasteiger partial charge in [0, 0.05) is 23.0 Å². The predicted molar refractivity (Wildman–Crippen MR) is 209 cm³/mol. The maximum Gasteiger partial charge on any atom is 0.341 e. The number of nitrogen functional groups attached to an aromatic ring is 2. The zero-order valence-corrected chi connectivity index (χ0v) is 33.3. The molecule has 16 heteroatoms. The highest BCUT2D eigenvalue weighted by atomic mass is 19.1. The van der Waals surface area contributed by atoms with E-state index < -0.39 is 59.3 Å². The summed E-state index contributed by atoms with van der Waals surface area (Å²) in [6, 6.07) is 8.00. The molecule has 2 aromatic heterocycles. The van der Waals surface area contributed by atoms with Crippen molar-refractivity contribution >= 4 is 23.6 Å². The highest BCUT2D eigenvalue weighted by Crippen LogP contribution is 2.37. The molecule has 6 atom stereocenters. The summed E-state index contributed by atoms with van der Waals surface area (Å²) in [6.07, 6.45) is 0.540. The monoisotopic (exact) mass is 810 g/mol. The molecule has 4 aromatic rings. The lowest BCUT2D eigenvalue weighted by Crippen LogP contribution is -2.30. The number of rotatable bonds is 6. The molecule has 2 saturated carbocycles. The molecular weight excluding hydrogens is 760 g/mol. The van der Waals surface area contributed by atoms with E-state index in [-0.39, 0.29) is 58.8 Å². The average molecular weight is 811 g/mol. The van der Waals surface area contributed by atoms with Crippen molar-refractivity contribution in [3.8, 4) is 22.5 Å². The van der Waals surface area contributed by atoms with Gasteiger partial charge in [-0.15, -0.1) is 0 Å². The number of nitrogens with two attached hydrogens (primary N) is 2. The smallest absolute Gasteiger partial charge is 0.341 e. The third kappa shape index (κ3) is 11.0. The minimum atomic E-state index is -1.32. The SMILES string of the molecule is CC(C)(C)OC(=O)c1ccc(-c2nc([C@@H]3CC[C@H](O)[C@H](F)C3)cnc2N)cc1F.CC(C)(C)OC(=O)c1ccc(-c2nc([C@H]3CC[C@H](O)[C@@H](F)C3)cnc2N)cc1F. The number of alkyl halides is 2. The van der Waals surface area contributed by atoms with Gasteiger partial charge in [-0.1, -0.05) is 12.1 Å². The number of carbonyl (C=O) groups is 2. The van der Waals surface area contributed by atoms with Gasteiger partial charge < -0.3 is 31.2 Å². The Hall–Kier alpha value is -5.22. The topological polar surface area (TPSA) is 197 Å². The number of halogens is 4. The lowest BCUT2D eigenvalue weighted by molar-refractivity contribution is 0.00518. The van der Waals surface area contributed by atoms with Gasteiger partial charge in [-0.05, 0) is 104 Å². The minimum Gasteiger partial charge on any atom is -0.456 e. The number of esters is 2. The van der Waals surface area contributed by atoms with Crippen LogP contribution in [-0.4, -0.2) is 77.8 Å². The molecule has 2 aliphatic carbocycles. The molecule has 2 fully saturated rings. The van der Waals surface area contributed by atoms with Crippen LogP contribution in [0.25, 0.3) is 22.5 Å². The zero-order valence-electron chi connectivity index (χ0n) is 33.3. The van der Waals surface area contributed by atoms with E-state index in [4.69, 9.17) is 20.9 Å². The van der Waals surface area contributed by atoms with E-state index in [0.29, 0.717) is 48.2 Å². The van der Waals surface area contributed by atoms with Crippen LogP contribution in [-0.2, 0) is 9.47 Å². The Labute approximate surface area is 334 Å². The molecule has 2 aliphatic rings. The van der Waals surface area contributed by atoms with Crippen LogP contribution >= 0.6 is 0 Å². The van der Waals surface area contributed by atoms with Gasteiger partial charge >= 0.3 is 11.9 Å². The fraction of sp³-hybridized carbons (Fsp3) is 0.476. The fourth-order valence-corrected chi connectivity index (χ4v) is 6.70. The van der Waals surface area contributed by atoms with Gasteiger partial charge in [-0.2, -0.15) is 0 Å². The molecule has 0 radical (unpaired) electrons. The molecule has 2 aromatic carbocycles. The van der Waals surface area contributed by atoms with Crippen molar-refractivity contribution in [1.82, 2.24) is 19.9 Å². The Balaban J connectivity index is 0.000000221. The van der Waals surface area contributed by atoms with Crippen LogP contribution in [0.2, 0.25) is 0 Å². The summed E-state index contributed by atoms with van der Waals surface area (Å²) < 4.78 is 67.3. The molecule has 312 valence electrons. The Morgan fingerprint density at radius 2 is 1.02 bits per heavy atom. The quantitative estimate of drug-likeness (QED) is 0.110. The molecule has 0 spiro atoms. The molecule has 58 heavy (non-hydrogen) atoms. The average Bonchev–Trinajstić information content (AvgIpc) is 3.13. The Bertz CT molecular complexity index is 1980. The molecular formula is C42H50F4N6O6. The first-order valence-electron chi connectivity index (χ1n) is 19.1. The number of aliphatic hydroxyl groups is 2. The highest BCUT2D eigenvalue weighted by molar-refractivity contribution is 5.91. The molecule has 12 nitrogen and oxygen atoms in total. The van der Waals surface area contributed by atoms with Crippen LogP contribution in [0, 0.1) is 11.6 Å². The number of benzene rings is 2. The summed E-state index contributed by atoms with van der Waals surface area (Å²) in [5, 5.41) is 19.2. The minimum absolute atomic E-state index is 0.103. The second kappa shape index (κ2) is 17.7. The summed E-state index contributed by atoms with van der Waals surface area (Å²) in [5.41, 5.74) is 12.3. The van der Waals surface area contributed by atoms with E-state index in [2.05, 4.69) is 19.9 Å². The first kappa shape index (κ1) is 43.9. The number of ether oxygens (including phenoxy) is 2. The second-order valence-corrected chi connectivity index (χ2v) is 16.6. The van der Waals surface area contributed by atoms with Crippen LogP contribution in [0.3, 0.4) is 0 Å². The van der Waals surface area contributed by atoms with E-state index in [9.17, 15) is 37.4 Å². The van der Waals surface area contributed by atoms with Crippen LogP contribution in [0.1, 0.15) is 124 Å². The zero-order chi connectivity index (χ0) is 42.7. The molecule has 0 amide bonds. The van der Waals surface area contributed by atoms with Crippen molar-refractivity contribution in [2.75, 3.05) is 11.5 Å². The number of nitrogens with zero attached hydrogens (tertiary/aromatic N) is 4. The van der Waals surface area contributed by atoms with E-state index in [1.54, 1.807) is 41.5 Å². The molecule has 6 N–H and O–H groups in total.